The van der Waals surface area contributed by atoms with Crippen molar-refractivity contribution in [1.29, 1.82) is 0 Å². The number of ether oxygens (including phenoxy) is 3. The lowest BCUT2D eigenvalue weighted by atomic mass is 9.61. The van der Waals surface area contributed by atoms with Crippen LogP contribution in [0.1, 0.15) is 269 Å². The lowest BCUT2D eigenvalue weighted by molar-refractivity contribution is -0.156. The van der Waals surface area contributed by atoms with E-state index < -0.39 is 16.8 Å². The second-order valence-electron chi connectivity index (χ2n) is 25.4. The number of epoxide rings is 1. The van der Waals surface area contributed by atoms with Gasteiger partial charge in [-0.15, -0.1) is 5.73 Å². The fourth-order valence-electron chi connectivity index (χ4n) is 12.0. The SMILES string of the molecule is CCCCCC/C=C\CCCCCCCC(=O)O[C@H]1CC(C)(C)C(=C=C/C(C)=C/C=C/C(C)=C/C=C/C=C(C)/C=C/C=C(\C)C(=O)C[C@@]23O[C@]2(C)C[C@@H](OC(=O)CCCCCCC/C=C/CCCCCC)CC3(C)C)[C@](C)(O)C1. The molecule has 1 saturated heterocycles. The summed E-state index contributed by atoms with van der Waals surface area (Å²) in [5, 5.41) is 11.6. The number of fused-ring (bicyclic) bond motifs is 1. The highest BCUT2D eigenvalue weighted by atomic mass is 16.6. The molecule has 0 aromatic rings. The van der Waals surface area contributed by atoms with E-state index in [2.05, 4.69) is 97.6 Å². The van der Waals surface area contributed by atoms with Crippen molar-refractivity contribution in [2.24, 2.45) is 10.8 Å². The first kappa shape index (κ1) is 69.0. The molecule has 0 unspecified atom stereocenters. The number of ketones is 1. The number of aliphatic hydroxyl groups is 1. The normalized spacial score (nSPS) is 24.5. The minimum absolute atomic E-state index is 0.0766. The van der Waals surface area contributed by atoms with E-state index in [1.807, 2.05) is 82.4 Å². The Morgan fingerprint density at radius 3 is 1.44 bits per heavy atom. The van der Waals surface area contributed by atoms with Crippen LogP contribution in [0.2, 0.25) is 0 Å². The molecule has 7 nitrogen and oxygen atoms in total. The van der Waals surface area contributed by atoms with Gasteiger partial charge in [0, 0.05) is 43.1 Å². The Morgan fingerprint density at radius 1 is 0.544 bits per heavy atom. The van der Waals surface area contributed by atoms with E-state index in [4.69, 9.17) is 14.2 Å². The Bertz CT molecular complexity index is 2210. The monoisotopic (exact) mass is 1090 g/mol. The van der Waals surface area contributed by atoms with Gasteiger partial charge in [-0.25, -0.2) is 0 Å². The van der Waals surface area contributed by atoms with Crippen molar-refractivity contribution in [3.05, 3.63) is 125 Å². The Hall–Kier alpha value is -4.29. The van der Waals surface area contributed by atoms with Gasteiger partial charge in [0.05, 0.1) is 11.2 Å². The second-order valence-corrected chi connectivity index (χ2v) is 25.4. The fraction of sp³-hybridized carbons (Fsp3) is 0.667. The van der Waals surface area contributed by atoms with Crippen molar-refractivity contribution in [3.8, 4) is 0 Å². The number of esters is 2. The summed E-state index contributed by atoms with van der Waals surface area (Å²) in [5.41, 5.74) is 5.21. The van der Waals surface area contributed by atoms with Crippen LogP contribution in [-0.2, 0) is 28.6 Å². The van der Waals surface area contributed by atoms with Crippen LogP contribution >= 0.6 is 0 Å². The van der Waals surface area contributed by atoms with Crippen molar-refractivity contribution in [1.82, 2.24) is 0 Å². The van der Waals surface area contributed by atoms with Gasteiger partial charge in [0.25, 0.3) is 0 Å². The van der Waals surface area contributed by atoms with Crippen LogP contribution in [0, 0.1) is 10.8 Å². The van der Waals surface area contributed by atoms with Gasteiger partial charge in [0.2, 0.25) is 0 Å². The summed E-state index contributed by atoms with van der Waals surface area (Å²) in [5.74, 6) is -0.200. The third kappa shape index (κ3) is 26.0. The quantitative estimate of drug-likeness (QED) is 0.0125. The molecule has 7 heteroatoms. The molecule has 3 fully saturated rings. The second kappa shape index (κ2) is 36.2. The van der Waals surface area contributed by atoms with E-state index in [-0.39, 0.29) is 40.8 Å². The largest absolute Gasteiger partial charge is 0.462 e. The third-order valence-electron chi connectivity index (χ3n) is 16.7. The Balaban J connectivity index is 1.38. The maximum Gasteiger partial charge on any atom is 0.306 e. The van der Waals surface area contributed by atoms with Crippen LogP contribution in [0.25, 0.3) is 0 Å². The van der Waals surface area contributed by atoms with Crippen LogP contribution < -0.4 is 0 Å². The van der Waals surface area contributed by atoms with E-state index in [1.165, 1.54) is 89.9 Å². The van der Waals surface area contributed by atoms with E-state index in [9.17, 15) is 19.5 Å². The molecule has 0 amide bonds. The molecule has 5 atom stereocenters. The molecule has 0 aromatic heterocycles. The molecule has 2 saturated carbocycles. The van der Waals surface area contributed by atoms with Gasteiger partial charge in [0.15, 0.2) is 5.78 Å². The molecule has 1 N–H and O–H groups in total. The van der Waals surface area contributed by atoms with Gasteiger partial charge in [0.1, 0.15) is 17.8 Å². The van der Waals surface area contributed by atoms with Crippen molar-refractivity contribution < 1.29 is 33.7 Å². The first-order chi connectivity index (χ1) is 37.6. The highest BCUT2D eigenvalue weighted by Gasteiger charge is 2.76. The van der Waals surface area contributed by atoms with Gasteiger partial charge in [-0.3, -0.25) is 14.4 Å². The first-order valence-electron chi connectivity index (χ1n) is 31.4. The van der Waals surface area contributed by atoms with E-state index in [0.717, 1.165) is 73.7 Å². The van der Waals surface area contributed by atoms with Crippen LogP contribution in [-0.4, -0.2) is 51.8 Å². The van der Waals surface area contributed by atoms with Crippen LogP contribution in [0.3, 0.4) is 0 Å². The molecule has 3 rings (SSSR count). The Labute approximate surface area is 483 Å². The summed E-state index contributed by atoms with van der Waals surface area (Å²) < 4.78 is 18.5. The molecule has 0 aromatic carbocycles. The Morgan fingerprint density at radius 2 is 0.975 bits per heavy atom. The molecular formula is C72H112O7. The smallest absolute Gasteiger partial charge is 0.306 e. The molecule has 1 heterocycles. The minimum atomic E-state index is -1.13. The number of carbonyl (C=O) groups is 3. The number of carbonyl (C=O) groups excluding carboxylic acids is 3. The van der Waals surface area contributed by atoms with E-state index in [0.29, 0.717) is 50.5 Å². The van der Waals surface area contributed by atoms with Crippen molar-refractivity contribution >= 4 is 17.7 Å². The number of hydrogen-bond donors (Lipinski definition) is 1. The van der Waals surface area contributed by atoms with Crippen LogP contribution in [0.4, 0.5) is 0 Å². The van der Waals surface area contributed by atoms with Gasteiger partial charge in [-0.05, 0) is 141 Å². The van der Waals surface area contributed by atoms with Crippen molar-refractivity contribution in [2.45, 2.75) is 298 Å². The summed E-state index contributed by atoms with van der Waals surface area (Å²) in [6, 6.07) is 0. The molecule has 442 valence electrons. The first-order valence-corrected chi connectivity index (χ1v) is 31.4. The van der Waals surface area contributed by atoms with Gasteiger partial charge in [-0.2, -0.15) is 0 Å². The average Bonchev–Trinajstić information content (AvgIpc) is 4.04. The maximum atomic E-state index is 13.6. The molecule has 79 heavy (non-hydrogen) atoms. The predicted octanol–water partition coefficient (Wildman–Crippen LogP) is 19.7. The molecule has 1 aliphatic heterocycles. The molecule has 0 spiro atoms. The Kier molecular flexibility index (Phi) is 31.6. The number of rotatable bonds is 38. The summed E-state index contributed by atoms with van der Waals surface area (Å²) >= 11 is 0. The molecule has 3 aliphatic rings. The zero-order chi connectivity index (χ0) is 58.2. The van der Waals surface area contributed by atoms with Crippen LogP contribution in [0.5, 0.6) is 0 Å². The van der Waals surface area contributed by atoms with Crippen molar-refractivity contribution in [3.63, 3.8) is 0 Å². The number of unbranched alkanes of at least 4 members (excludes halogenated alkanes) is 18. The lowest BCUT2D eigenvalue weighted by Crippen LogP contribution is -2.49. The lowest BCUT2D eigenvalue weighted by Gasteiger charge is -2.44. The maximum absolute atomic E-state index is 13.6. The third-order valence-corrected chi connectivity index (χ3v) is 16.7. The zero-order valence-electron chi connectivity index (χ0n) is 52.2. The topological polar surface area (TPSA) is 102 Å². The number of allylic oxidation sites excluding steroid dienone is 18. The van der Waals surface area contributed by atoms with Gasteiger partial charge in [-0.1, -0.05) is 215 Å². The summed E-state index contributed by atoms with van der Waals surface area (Å²) in [6.45, 7) is 24.9. The molecular weight excluding hydrogens is 977 g/mol. The standard InChI is InChI=1S/C72H112O7/c1-13-15-17-19-21-23-25-27-29-31-33-35-37-49-66(74)77-62-53-68(7,8)65(70(11,76)55-62)52-51-60(5)46-41-45-58(3)43-39-40-44-59(4)47-42-48-61(6)64(73)57-72-69(9,10)54-63(56-71(72,12)79-72)78-67(75)50-38-36-34-32-30-28-26-24-22-20-18-16-14-2/h23-26,39-48,51,62-63,76H,13-22,27-38,49-50,53-57H2,1-12H3/b25-23-,26-24+,40-39+,45-41+,47-42+,58-43+,59-44+,60-46+,61-48+/t52?,62-,63-,70+,71+,72-/m0/s1. The van der Waals surface area contributed by atoms with E-state index in [1.54, 1.807) is 0 Å². The molecule has 0 bridgehead atoms. The minimum Gasteiger partial charge on any atom is -0.462 e. The number of hydrogen-bond acceptors (Lipinski definition) is 7. The zero-order valence-corrected chi connectivity index (χ0v) is 52.2. The summed E-state index contributed by atoms with van der Waals surface area (Å²) in [7, 11) is 0. The summed E-state index contributed by atoms with van der Waals surface area (Å²) in [4.78, 5) is 39.3. The van der Waals surface area contributed by atoms with Gasteiger partial charge >= 0.3 is 11.9 Å². The summed E-state index contributed by atoms with van der Waals surface area (Å²) in [6.07, 6.45) is 60.5. The number of Topliss-reactive ketones (excluding diaryl/α,β-unsaturated/α-hetero) is 1. The fourth-order valence-corrected chi connectivity index (χ4v) is 12.0. The molecule has 2 aliphatic carbocycles. The van der Waals surface area contributed by atoms with Gasteiger partial charge < -0.3 is 19.3 Å². The highest BCUT2D eigenvalue weighted by molar-refractivity contribution is 5.96. The van der Waals surface area contributed by atoms with Crippen molar-refractivity contribution in [2.75, 3.05) is 0 Å². The predicted molar refractivity (Wildman–Crippen MR) is 333 cm³/mol. The average molecular weight is 1090 g/mol. The molecule has 0 radical (unpaired) electrons. The van der Waals surface area contributed by atoms with Crippen LogP contribution in [0.15, 0.2) is 125 Å². The van der Waals surface area contributed by atoms with E-state index >= 15 is 0 Å². The highest BCUT2D eigenvalue weighted by Crippen LogP contribution is 2.67.